The summed E-state index contributed by atoms with van der Waals surface area (Å²) in [5.74, 6) is 1.63. The summed E-state index contributed by atoms with van der Waals surface area (Å²) in [7, 11) is 1.63. The first-order valence-electron chi connectivity index (χ1n) is 8.63. The van der Waals surface area contributed by atoms with Gasteiger partial charge in [0.25, 0.3) is 0 Å². The van der Waals surface area contributed by atoms with Crippen LogP contribution < -0.4 is 14.8 Å². The van der Waals surface area contributed by atoms with E-state index >= 15 is 0 Å². The van der Waals surface area contributed by atoms with Gasteiger partial charge in [-0.2, -0.15) is 0 Å². The van der Waals surface area contributed by atoms with E-state index in [9.17, 15) is 4.79 Å². The van der Waals surface area contributed by atoms with Crippen LogP contribution >= 0.6 is 0 Å². The molecule has 0 heterocycles. The number of amides is 1. The van der Waals surface area contributed by atoms with Crippen LogP contribution in [0.15, 0.2) is 42.5 Å². The molecule has 2 aromatic rings. The van der Waals surface area contributed by atoms with Crippen molar-refractivity contribution in [3.8, 4) is 11.5 Å². The minimum absolute atomic E-state index is 0.00862. The van der Waals surface area contributed by atoms with E-state index in [2.05, 4.69) is 37.4 Å². The Morgan fingerprint density at radius 3 is 2.36 bits per heavy atom. The van der Waals surface area contributed by atoms with Gasteiger partial charge in [-0.05, 0) is 68.1 Å². The third-order valence-corrected chi connectivity index (χ3v) is 4.28. The Balaban J connectivity index is 1.71. The van der Waals surface area contributed by atoms with E-state index in [1.165, 1.54) is 11.1 Å². The molecular formula is C21H27NO3. The van der Waals surface area contributed by atoms with Crippen molar-refractivity contribution < 1.29 is 14.3 Å². The molecule has 0 aliphatic carbocycles. The molecule has 1 amide bonds. The molecule has 2 aromatic carbocycles. The summed E-state index contributed by atoms with van der Waals surface area (Å²) in [6, 6.07) is 13.7. The van der Waals surface area contributed by atoms with Gasteiger partial charge in [0.2, 0.25) is 5.91 Å². The van der Waals surface area contributed by atoms with Crippen LogP contribution in [0.1, 0.15) is 42.5 Å². The molecule has 1 atom stereocenters. The lowest BCUT2D eigenvalue weighted by Crippen LogP contribution is -2.26. The molecule has 0 bridgehead atoms. The van der Waals surface area contributed by atoms with E-state index in [1.54, 1.807) is 7.11 Å². The molecule has 25 heavy (non-hydrogen) atoms. The predicted molar refractivity (Wildman–Crippen MR) is 100 cm³/mol. The maximum absolute atomic E-state index is 12.1. The van der Waals surface area contributed by atoms with E-state index in [1.807, 2.05) is 31.2 Å². The number of nitrogens with one attached hydrogen (secondary N) is 1. The van der Waals surface area contributed by atoms with Gasteiger partial charge in [0.15, 0.2) is 0 Å². The highest BCUT2D eigenvalue weighted by Crippen LogP contribution is 2.18. The van der Waals surface area contributed by atoms with Crippen LogP contribution in [0.2, 0.25) is 0 Å². The zero-order chi connectivity index (χ0) is 18.2. The van der Waals surface area contributed by atoms with Crippen LogP contribution in [0, 0.1) is 13.8 Å². The van der Waals surface area contributed by atoms with E-state index in [0.29, 0.717) is 19.4 Å². The first-order valence-corrected chi connectivity index (χ1v) is 8.63. The van der Waals surface area contributed by atoms with Gasteiger partial charge in [-0.25, -0.2) is 0 Å². The minimum atomic E-state index is 0.00862. The number of methoxy groups -OCH3 is 1. The number of hydrogen-bond acceptors (Lipinski definition) is 3. The summed E-state index contributed by atoms with van der Waals surface area (Å²) in [6.45, 7) is 6.70. The molecule has 4 heteroatoms. The number of carbonyl (C=O) groups is 1. The summed E-state index contributed by atoms with van der Waals surface area (Å²) in [6.07, 6.45) is 1.13. The Kier molecular flexibility index (Phi) is 6.87. The molecule has 0 saturated carbocycles. The van der Waals surface area contributed by atoms with Gasteiger partial charge in [-0.15, -0.1) is 0 Å². The van der Waals surface area contributed by atoms with Crippen molar-refractivity contribution in [3.05, 3.63) is 59.2 Å². The summed E-state index contributed by atoms with van der Waals surface area (Å²) in [5, 5.41) is 3.05. The molecule has 0 fully saturated rings. The number of hydrogen-bond donors (Lipinski definition) is 1. The van der Waals surface area contributed by atoms with Crippen LogP contribution in [-0.4, -0.2) is 19.6 Å². The van der Waals surface area contributed by atoms with E-state index in [0.717, 1.165) is 17.1 Å². The normalized spacial score (nSPS) is 11.7. The number of carbonyl (C=O) groups excluding carboxylic acids is 1. The zero-order valence-corrected chi connectivity index (χ0v) is 15.5. The monoisotopic (exact) mass is 341 g/mol. The minimum Gasteiger partial charge on any atom is -0.497 e. The van der Waals surface area contributed by atoms with Gasteiger partial charge in [-0.3, -0.25) is 4.79 Å². The highest BCUT2D eigenvalue weighted by Gasteiger charge is 2.10. The van der Waals surface area contributed by atoms with Crippen molar-refractivity contribution in [1.29, 1.82) is 0 Å². The van der Waals surface area contributed by atoms with Crippen LogP contribution in [0.4, 0.5) is 0 Å². The first kappa shape index (κ1) is 18.8. The molecule has 0 spiro atoms. The smallest absolute Gasteiger partial charge is 0.220 e. The first-order chi connectivity index (χ1) is 12.0. The van der Waals surface area contributed by atoms with Crippen molar-refractivity contribution in [2.24, 2.45) is 0 Å². The van der Waals surface area contributed by atoms with E-state index in [-0.39, 0.29) is 11.9 Å². The SMILES string of the molecule is COc1ccc(OCCCC(=O)NC(C)c2ccc(C)c(C)c2)cc1. The third-order valence-electron chi connectivity index (χ3n) is 4.28. The van der Waals surface area contributed by atoms with Gasteiger partial charge in [-0.1, -0.05) is 18.2 Å². The average molecular weight is 341 g/mol. The highest BCUT2D eigenvalue weighted by atomic mass is 16.5. The van der Waals surface area contributed by atoms with Gasteiger partial charge in [0.05, 0.1) is 19.8 Å². The fourth-order valence-electron chi connectivity index (χ4n) is 2.53. The Morgan fingerprint density at radius 2 is 1.72 bits per heavy atom. The van der Waals surface area contributed by atoms with Crippen LogP contribution in [-0.2, 0) is 4.79 Å². The Bertz CT molecular complexity index is 695. The van der Waals surface area contributed by atoms with E-state index < -0.39 is 0 Å². The number of benzene rings is 2. The van der Waals surface area contributed by atoms with Crippen molar-refractivity contribution in [3.63, 3.8) is 0 Å². The van der Waals surface area contributed by atoms with Crippen molar-refractivity contribution >= 4 is 5.91 Å². The summed E-state index contributed by atoms with van der Waals surface area (Å²) < 4.78 is 10.7. The Hall–Kier alpha value is -2.49. The molecule has 0 aliphatic heterocycles. The Morgan fingerprint density at radius 1 is 1.04 bits per heavy atom. The molecule has 1 N–H and O–H groups in total. The van der Waals surface area contributed by atoms with Crippen LogP contribution in [0.25, 0.3) is 0 Å². The van der Waals surface area contributed by atoms with Crippen molar-refractivity contribution in [2.75, 3.05) is 13.7 Å². The maximum atomic E-state index is 12.1. The molecule has 0 saturated heterocycles. The third kappa shape index (κ3) is 5.82. The second-order valence-electron chi connectivity index (χ2n) is 6.26. The second kappa shape index (κ2) is 9.11. The number of aryl methyl sites for hydroxylation is 2. The molecule has 0 aromatic heterocycles. The van der Waals surface area contributed by atoms with Gasteiger partial charge < -0.3 is 14.8 Å². The Labute approximate surface area is 150 Å². The number of ether oxygens (including phenoxy) is 2. The molecule has 0 aliphatic rings. The fourth-order valence-corrected chi connectivity index (χ4v) is 2.53. The van der Waals surface area contributed by atoms with Gasteiger partial charge in [0, 0.05) is 6.42 Å². The highest BCUT2D eigenvalue weighted by molar-refractivity contribution is 5.76. The number of rotatable bonds is 8. The van der Waals surface area contributed by atoms with Crippen molar-refractivity contribution in [2.45, 2.75) is 39.7 Å². The van der Waals surface area contributed by atoms with Gasteiger partial charge in [0.1, 0.15) is 11.5 Å². The summed E-state index contributed by atoms with van der Waals surface area (Å²) in [4.78, 5) is 12.1. The lowest BCUT2D eigenvalue weighted by Gasteiger charge is -2.16. The summed E-state index contributed by atoms with van der Waals surface area (Å²) >= 11 is 0. The molecular weight excluding hydrogens is 314 g/mol. The molecule has 134 valence electrons. The largest absolute Gasteiger partial charge is 0.497 e. The zero-order valence-electron chi connectivity index (χ0n) is 15.5. The molecule has 4 nitrogen and oxygen atoms in total. The molecule has 2 rings (SSSR count). The van der Waals surface area contributed by atoms with E-state index in [4.69, 9.17) is 9.47 Å². The average Bonchev–Trinajstić information content (AvgIpc) is 2.61. The van der Waals surface area contributed by atoms with Crippen molar-refractivity contribution in [1.82, 2.24) is 5.32 Å². The predicted octanol–water partition coefficient (Wildman–Crippen LogP) is 4.35. The standard InChI is InChI=1S/C21H27NO3/c1-15-7-8-18(14-16(15)2)17(3)22-21(23)6-5-13-25-20-11-9-19(24-4)10-12-20/h7-12,14,17H,5-6,13H2,1-4H3,(H,22,23). The maximum Gasteiger partial charge on any atom is 0.220 e. The summed E-state index contributed by atoms with van der Waals surface area (Å²) in [5.41, 5.74) is 3.63. The van der Waals surface area contributed by atoms with Crippen LogP contribution in [0.5, 0.6) is 11.5 Å². The molecule has 0 radical (unpaired) electrons. The fraction of sp³-hybridized carbons (Fsp3) is 0.381. The lowest BCUT2D eigenvalue weighted by molar-refractivity contribution is -0.121. The quantitative estimate of drug-likeness (QED) is 0.726. The molecule has 1 unspecified atom stereocenters. The second-order valence-corrected chi connectivity index (χ2v) is 6.26. The topological polar surface area (TPSA) is 47.6 Å². The lowest BCUT2D eigenvalue weighted by atomic mass is 10.0. The van der Waals surface area contributed by atoms with Crippen LogP contribution in [0.3, 0.4) is 0 Å². The van der Waals surface area contributed by atoms with Gasteiger partial charge >= 0.3 is 0 Å².